The maximum absolute atomic E-state index is 12.0. The molecule has 3 N–H and O–H groups in total. The molecule has 0 bridgehead atoms. The van der Waals surface area contributed by atoms with Gasteiger partial charge in [-0.05, 0) is 42.5 Å². The average Bonchev–Trinajstić information content (AvgIpc) is 2.61. The maximum atomic E-state index is 12.0. The molecule has 0 aliphatic rings. The molecule has 24 heavy (non-hydrogen) atoms. The quantitative estimate of drug-likeness (QED) is 0.763. The van der Waals surface area contributed by atoms with Crippen LogP contribution in [0, 0.1) is 5.92 Å². The van der Waals surface area contributed by atoms with E-state index >= 15 is 0 Å². The second kappa shape index (κ2) is 8.45. The number of aromatic nitrogens is 1. The van der Waals surface area contributed by atoms with Gasteiger partial charge in [-0.25, -0.2) is 4.79 Å². The summed E-state index contributed by atoms with van der Waals surface area (Å²) in [6.07, 6.45) is 3.58. The number of carbonyl (C=O) groups excluding carboxylic acids is 1. The zero-order chi connectivity index (χ0) is 17.5. The normalized spacial score (nSPS) is 14.5. The van der Waals surface area contributed by atoms with Gasteiger partial charge in [0.1, 0.15) is 0 Å². The SMILES string of the molecule is C[C@H](NC(=O)N[C@@H](C)[C@H](C)CO)c1ccc(-c2cccnc2)cc1. The summed E-state index contributed by atoms with van der Waals surface area (Å²) in [7, 11) is 0. The molecular weight excluding hydrogens is 302 g/mol. The van der Waals surface area contributed by atoms with Gasteiger partial charge >= 0.3 is 6.03 Å². The second-order valence-corrected chi connectivity index (χ2v) is 6.15. The lowest BCUT2D eigenvalue weighted by atomic mass is 10.0. The van der Waals surface area contributed by atoms with Gasteiger partial charge in [0.2, 0.25) is 0 Å². The largest absolute Gasteiger partial charge is 0.396 e. The van der Waals surface area contributed by atoms with Crippen molar-refractivity contribution in [2.24, 2.45) is 5.92 Å². The number of pyridine rings is 1. The van der Waals surface area contributed by atoms with Gasteiger partial charge in [-0.3, -0.25) is 4.98 Å². The lowest BCUT2D eigenvalue weighted by Gasteiger charge is -2.21. The number of aliphatic hydroxyl groups is 1. The van der Waals surface area contributed by atoms with E-state index in [1.807, 2.05) is 63.4 Å². The predicted octanol–water partition coefficient (Wildman–Crippen LogP) is 3.13. The maximum Gasteiger partial charge on any atom is 0.315 e. The number of nitrogens with one attached hydrogen (secondary N) is 2. The predicted molar refractivity (Wildman–Crippen MR) is 95.5 cm³/mol. The highest BCUT2D eigenvalue weighted by atomic mass is 16.3. The van der Waals surface area contributed by atoms with E-state index < -0.39 is 0 Å². The summed E-state index contributed by atoms with van der Waals surface area (Å²) < 4.78 is 0. The van der Waals surface area contributed by atoms with E-state index in [2.05, 4.69) is 15.6 Å². The molecule has 2 rings (SSSR count). The Balaban J connectivity index is 1.95. The molecule has 3 atom stereocenters. The molecule has 2 amide bonds. The zero-order valence-electron chi connectivity index (χ0n) is 14.4. The zero-order valence-corrected chi connectivity index (χ0v) is 14.4. The van der Waals surface area contributed by atoms with Crippen LogP contribution in [0.3, 0.4) is 0 Å². The monoisotopic (exact) mass is 327 g/mol. The van der Waals surface area contributed by atoms with Gasteiger partial charge in [0.25, 0.3) is 0 Å². The molecule has 0 spiro atoms. The van der Waals surface area contributed by atoms with Crippen LogP contribution in [-0.4, -0.2) is 28.8 Å². The fourth-order valence-electron chi connectivity index (χ4n) is 2.33. The first kappa shape index (κ1) is 17.9. The van der Waals surface area contributed by atoms with Crippen LogP contribution >= 0.6 is 0 Å². The van der Waals surface area contributed by atoms with Crippen LogP contribution < -0.4 is 10.6 Å². The lowest BCUT2D eigenvalue weighted by Crippen LogP contribution is -2.44. The molecule has 0 fully saturated rings. The van der Waals surface area contributed by atoms with Crippen LogP contribution in [0.4, 0.5) is 4.79 Å². The van der Waals surface area contributed by atoms with Crippen molar-refractivity contribution in [1.29, 1.82) is 0 Å². The van der Waals surface area contributed by atoms with Crippen molar-refractivity contribution in [1.82, 2.24) is 15.6 Å². The summed E-state index contributed by atoms with van der Waals surface area (Å²) in [5.74, 6) is 0.0184. The van der Waals surface area contributed by atoms with E-state index in [1.165, 1.54) is 0 Å². The molecule has 5 nitrogen and oxygen atoms in total. The minimum absolute atomic E-state index is 0.0184. The van der Waals surface area contributed by atoms with Crippen molar-refractivity contribution in [3.8, 4) is 11.1 Å². The summed E-state index contributed by atoms with van der Waals surface area (Å²) in [6.45, 7) is 5.77. The first-order valence-corrected chi connectivity index (χ1v) is 8.19. The van der Waals surface area contributed by atoms with Gasteiger partial charge in [-0.1, -0.05) is 37.3 Å². The standard InChI is InChI=1S/C19H25N3O2/c1-13(12-23)14(2)21-19(24)22-15(3)16-6-8-17(9-7-16)18-5-4-10-20-11-18/h4-11,13-15,23H,12H2,1-3H3,(H2,21,22,24)/t13-,14+,15+/m1/s1. The number of carbonyl (C=O) groups is 1. The fraction of sp³-hybridized carbons (Fsp3) is 0.368. The molecule has 2 aromatic rings. The number of hydrogen-bond donors (Lipinski definition) is 3. The van der Waals surface area contributed by atoms with Crippen LogP contribution in [0.25, 0.3) is 11.1 Å². The minimum Gasteiger partial charge on any atom is -0.396 e. The third-order valence-electron chi connectivity index (χ3n) is 4.25. The van der Waals surface area contributed by atoms with Crippen LogP contribution in [-0.2, 0) is 0 Å². The summed E-state index contributed by atoms with van der Waals surface area (Å²) in [4.78, 5) is 16.2. The number of amides is 2. The van der Waals surface area contributed by atoms with Crippen LogP contribution in [0.2, 0.25) is 0 Å². The van der Waals surface area contributed by atoms with Gasteiger partial charge in [0.15, 0.2) is 0 Å². The molecule has 0 aliphatic carbocycles. The summed E-state index contributed by atoms with van der Waals surface area (Å²) in [5, 5.41) is 14.9. The van der Waals surface area contributed by atoms with Crippen LogP contribution in [0.5, 0.6) is 0 Å². The molecule has 0 unspecified atom stereocenters. The Morgan fingerprint density at radius 1 is 1.08 bits per heavy atom. The molecule has 1 heterocycles. The number of hydrogen-bond acceptors (Lipinski definition) is 3. The van der Waals surface area contributed by atoms with Crippen molar-refractivity contribution in [2.45, 2.75) is 32.9 Å². The van der Waals surface area contributed by atoms with E-state index in [4.69, 9.17) is 5.11 Å². The molecule has 0 saturated heterocycles. The van der Waals surface area contributed by atoms with Crippen molar-refractivity contribution in [3.63, 3.8) is 0 Å². The highest BCUT2D eigenvalue weighted by Crippen LogP contribution is 2.21. The molecular formula is C19H25N3O2. The average molecular weight is 327 g/mol. The van der Waals surface area contributed by atoms with Gasteiger partial charge in [0.05, 0.1) is 6.04 Å². The van der Waals surface area contributed by atoms with Gasteiger partial charge in [-0.15, -0.1) is 0 Å². The Hall–Kier alpha value is -2.40. The molecule has 5 heteroatoms. The highest BCUT2D eigenvalue weighted by molar-refractivity contribution is 5.74. The molecule has 1 aromatic carbocycles. The smallest absolute Gasteiger partial charge is 0.315 e. The second-order valence-electron chi connectivity index (χ2n) is 6.15. The third-order valence-corrected chi connectivity index (χ3v) is 4.25. The Morgan fingerprint density at radius 2 is 1.79 bits per heavy atom. The lowest BCUT2D eigenvalue weighted by molar-refractivity contribution is 0.199. The minimum atomic E-state index is -0.230. The van der Waals surface area contributed by atoms with E-state index in [9.17, 15) is 4.79 Å². The molecule has 0 aliphatic heterocycles. The Morgan fingerprint density at radius 3 is 2.38 bits per heavy atom. The Kier molecular flexibility index (Phi) is 6.32. The van der Waals surface area contributed by atoms with Gasteiger partial charge in [0, 0.05) is 25.0 Å². The molecule has 0 radical (unpaired) electrons. The van der Waals surface area contributed by atoms with Crippen molar-refractivity contribution in [2.75, 3.05) is 6.61 Å². The number of benzene rings is 1. The number of aliphatic hydroxyl groups excluding tert-OH is 1. The number of urea groups is 1. The first-order chi connectivity index (χ1) is 11.5. The third kappa shape index (κ3) is 4.80. The van der Waals surface area contributed by atoms with E-state index in [1.54, 1.807) is 6.20 Å². The van der Waals surface area contributed by atoms with Crippen LogP contribution in [0.15, 0.2) is 48.8 Å². The van der Waals surface area contributed by atoms with Crippen molar-refractivity contribution >= 4 is 6.03 Å². The fourth-order valence-corrected chi connectivity index (χ4v) is 2.33. The number of rotatable bonds is 6. The summed E-state index contributed by atoms with van der Waals surface area (Å²) in [6, 6.07) is 11.6. The van der Waals surface area contributed by atoms with E-state index in [-0.39, 0.29) is 30.6 Å². The Bertz CT molecular complexity index is 643. The van der Waals surface area contributed by atoms with E-state index in [0.717, 1.165) is 16.7 Å². The van der Waals surface area contributed by atoms with Crippen molar-refractivity contribution < 1.29 is 9.90 Å². The molecule has 0 saturated carbocycles. The van der Waals surface area contributed by atoms with Crippen molar-refractivity contribution in [3.05, 3.63) is 54.4 Å². The van der Waals surface area contributed by atoms with E-state index in [0.29, 0.717) is 0 Å². The molecule has 1 aromatic heterocycles. The topological polar surface area (TPSA) is 74.2 Å². The summed E-state index contributed by atoms with van der Waals surface area (Å²) in [5.41, 5.74) is 3.18. The van der Waals surface area contributed by atoms with Crippen LogP contribution in [0.1, 0.15) is 32.4 Å². The number of nitrogens with zero attached hydrogens (tertiary/aromatic N) is 1. The summed E-state index contributed by atoms with van der Waals surface area (Å²) >= 11 is 0. The molecule has 128 valence electrons. The highest BCUT2D eigenvalue weighted by Gasteiger charge is 2.15. The Labute approximate surface area is 143 Å². The van der Waals surface area contributed by atoms with Gasteiger partial charge < -0.3 is 15.7 Å². The van der Waals surface area contributed by atoms with Gasteiger partial charge in [-0.2, -0.15) is 0 Å². The first-order valence-electron chi connectivity index (χ1n) is 8.19.